The lowest BCUT2D eigenvalue weighted by Gasteiger charge is -1.92. The van der Waals surface area contributed by atoms with Gasteiger partial charge in [-0.15, -0.1) is 0 Å². The first-order chi connectivity index (χ1) is 43.2. The van der Waals surface area contributed by atoms with Crippen LogP contribution in [-0.4, -0.2) is 79.7 Å². The molecule has 9 aromatic heterocycles. The summed E-state index contributed by atoms with van der Waals surface area (Å²) in [5.74, 6) is 1.67. The maximum atomic E-state index is 4.11. The van der Waals surface area contributed by atoms with Crippen molar-refractivity contribution in [1.29, 1.82) is 0 Å². The molecule has 9 heterocycles. The number of hydrogen-bond acceptors (Lipinski definition) is 16. The molecule has 16 nitrogen and oxygen atoms in total. The third-order valence-corrected chi connectivity index (χ3v) is 9.41. The molecule has 90 heavy (non-hydrogen) atoms. The van der Waals surface area contributed by atoms with Crippen LogP contribution < -0.4 is 0 Å². The van der Waals surface area contributed by atoms with Crippen molar-refractivity contribution in [2.45, 2.75) is 249 Å². The Morgan fingerprint density at radius 3 is 0.911 bits per heavy atom. The maximum absolute atomic E-state index is 4.11. The zero-order valence-electron chi connectivity index (χ0n) is 63.7. The molecule has 0 radical (unpaired) electrons. The topological polar surface area (TPSA) is 206 Å². The third-order valence-electron chi connectivity index (χ3n) is 9.41. The van der Waals surface area contributed by atoms with Crippen molar-refractivity contribution in [3.63, 3.8) is 0 Å². The van der Waals surface area contributed by atoms with Crippen LogP contribution in [0.1, 0.15) is 227 Å². The van der Waals surface area contributed by atoms with E-state index in [0.29, 0.717) is 0 Å². The SMILES string of the molecule is CC.CC.CC.CC.CC.CC.CC.CC.CC.Cc1cc(C)ncn1.Cc1cccnc1C.Cc1ccnc(C)n1.Cc1ccncc1C.Cc1cnc(C)cn1.Cc1cnc(C)nc1.Cc1cncc(C)n1.Cc1cncnc1C.Cc1nccnc1C. The number of aromatic nitrogens is 16. The molecule has 0 saturated heterocycles. The molecule has 0 aliphatic carbocycles. The monoisotopic (exact) mass is 1240 g/mol. The molecule has 0 fully saturated rings. The molecule has 0 N–H and O–H groups in total. The molecule has 0 amide bonds. The molecule has 504 valence electrons. The van der Waals surface area contributed by atoms with E-state index >= 15 is 0 Å². The highest BCUT2D eigenvalue weighted by Gasteiger charge is 1.90. The van der Waals surface area contributed by atoms with Gasteiger partial charge in [0.05, 0.1) is 34.2 Å². The van der Waals surface area contributed by atoms with Gasteiger partial charge in [-0.2, -0.15) is 0 Å². The van der Waals surface area contributed by atoms with Crippen LogP contribution in [0.25, 0.3) is 0 Å². The summed E-state index contributed by atoms with van der Waals surface area (Å²) in [5, 5.41) is 0. The summed E-state index contributed by atoms with van der Waals surface area (Å²) in [4.78, 5) is 63.7. The molecule has 0 saturated carbocycles. The average molecular weight is 1240 g/mol. The van der Waals surface area contributed by atoms with Crippen LogP contribution in [0.3, 0.4) is 0 Å². The zero-order valence-corrected chi connectivity index (χ0v) is 63.7. The van der Waals surface area contributed by atoms with Crippen molar-refractivity contribution in [3.05, 3.63) is 226 Å². The van der Waals surface area contributed by atoms with Gasteiger partial charge in [0.1, 0.15) is 24.3 Å². The van der Waals surface area contributed by atoms with Crippen LogP contribution in [0, 0.1) is 125 Å². The Morgan fingerprint density at radius 2 is 0.656 bits per heavy atom. The molecule has 0 aromatic carbocycles. The van der Waals surface area contributed by atoms with E-state index in [1.54, 1.807) is 56.0 Å². The van der Waals surface area contributed by atoms with E-state index in [-0.39, 0.29) is 0 Å². The smallest absolute Gasteiger partial charge is 0.125 e. The summed E-state index contributed by atoms with van der Waals surface area (Å²) >= 11 is 0. The number of nitrogens with zero attached hydrogens (tertiary/aromatic N) is 16. The van der Waals surface area contributed by atoms with Gasteiger partial charge < -0.3 is 0 Å². The Morgan fingerprint density at radius 1 is 0.222 bits per heavy atom. The van der Waals surface area contributed by atoms with Crippen molar-refractivity contribution in [2.24, 2.45) is 0 Å². The van der Waals surface area contributed by atoms with E-state index in [0.717, 1.165) is 85.4 Å². The van der Waals surface area contributed by atoms with E-state index in [4.69, 9.17) is 0 Å². The zero-order chi connectivity index (χ0) is 71.8. The molecule has 9 aromatic rings. The van der Waals surface area contributed by atoms with Gasteiger partial charge in [0, 0.05) is 109 Å². The van der Waals surface area contributed by atoms with Crippen LogP contribution in [0.15, 0.2) is 124 Å². The molecule has 16 heteroatoms. The van der Waals surface area contributed by atoms with Crippen LogP contribution in [-0.2, 0) is 0 Å². The second-order valence-electron chi connectivity index (χ2n) is 16.3. The molecule has 9 rings (SSSR count). The van der Waals surface area contributed by atoms with Crippen LogP contribution in [0.4, 0.5) is 0 Å². The minimum absolute atomic E-state index is 0.829. The Bertz CT molecular complexity index is 2360. The summed E-state index contributed by atoms with van der Waals surface area (Å²) in [6, 6.07) is 9.84. The second kappa shape index (κ2) is 77.0. The Labute approximate surface area is 552 Å². The molecule has 0 spiro atoms. The van der Waals surface area contributed by atoms with E-state index < -0.39 is 0 Å². The Hall–Kier alpha value is -8.14. The van der Waals surface area contributed by atoms with Crippen molar-refractivity contribution < 1.29 is 0 Å². The lowest BCUT2D eigenvalue weighted by Crippen LogP contribution is -1.87. The molecule has 0 unspecified atom stereocenters. The standard InChI is InChI=1S/2C7H9N.7C6H8N2.9C2H6/c1-6-3-4-8-5-7(6)2;1-6-4-3-5-8-7(6)2;1-5-3-7-4-8-6(5)2;1-5-3-8-6(2)4-7-5;1-5-3-7-4-6(2)8-5;1-5-3-6(2)8-4-7-5;1-5-3-7-6(2)8-4-5;1-5-6(2)8-4-3-7-5;1-5-3-4-7-6(2)8-5;9*1-2/h2*3-5H,1-2H3;7*3-4H,1-2H3;9*1-2H3. The molecular formula is C74H128N16. The fourth-order valence-corrected chi connectivity index (χ4v) is 4.71. The predicted molar refractivity (Wildman–Crippen MR) is 390 cm³/mol. The molecular weight excluding hydrogens is 1110 g/mol. The largest absolute Gasteiger partial charge is 0.264 e. The summed E-state index contributed by atoms with van der Waals surface area (Å²) in [6.45, 7) is 71.4. The summed E-state index contributed by atoms with van der Waals surface area (Å²) in [7, 11) is 0. The van der Waals surface area contributed by atoms with Gasteiger partial charge in [-0.05, 0) is 177 Å². The van der Waals surface area contributed by atoms with Gasteiger partial charge in [0.25, 0.3) is 0 Å². The minimum Gasteiger partial charge on any atom is -0.264 e. The number of hydrogen-bond donors (Lipinski definition) is 0. The maximum Gasteiger partial charge on any atom is 0.125 e. The average Bonchev–Trinajstić information content (AvgIpc) is 3.57. The number of pyridine rings is 2. The lowest BCUT2D eigenvalue weighted by molar-refractivity contribution is 1.01. The summed E-state index contributed by atoms with van der Waals surface area (Å²) < 4.78 is 0. The van der Waals surface area contributed by atoms with Crippen molar-refractivity contribution in [2.75, 3.05) is 0 Å². The normalized spacial score (nSPS) is 8.00. The van der Waals surface area contributed by atoms with E-state index in [1.165, 1.54) is 16.7 Å². The van der Waals surface area contributed by atoms with Crippen LogP contribution in [0.5, 0.6) is 0 Å². The van der Waals surface area contributed by atoms with Gasteiger partial charge >= 0.3 is 0 Å². The number of rotatable bonds is 0. The molecule has 0 aliphatic rings. The quantitative estimate of drug-likeness (QED) is 0.138. The summed E-state index contributed by atoms with van der Waals surface area (Å²) in [5.41, 5.74) is 17.2. The van der Waals surface area contributed by atoms with Gasteiger partial charge in [0.15, 0.2) is 0 Å². The second-order valence-corrected chi connectivity index (χ2v) is 16.3. The summed E-state index contributed by atoms with van der Waals surface area (Å²) in [6.07, 6.45) is 26.2. The Kier molecular flexibility index (Phi) is 86.2. The van der Waals surface area contributed by atoms with Gasteiger partial charge in [-0.3, -0.25) is 39.9 Å². The molecule has 0 atom stereocenters. The highest BCUT2D eigenvalue weighted by molar-refractivity contribution is 5.19. The minimum atomic E-state index is 0.829. The fraction of sp³-hybridized carbons (Fsp3) is 0.486. The van der Waals surface area contributed by atoms with Gasteiger partial charge in [0.2, 0.25) is 0 Å². The third kappa shape index (κ3) is 67.4. The van der Waals surface area contributed by atoms with Crippen LogP contribution >= 0.6 is 0 Å². The fourth-order valence-electron chi connectivity index (χ4n) is 4.71. The van der Waals surface area contributed by atoms with Crippen molar-refractivity contribution in [3.8, 4) is 0 Å². The Balaban J connectivity index is -0.000000113. The van der Waals surface area contributed by atoms with E-state index in [9.17, 15) is 0 Å². The highest BCUT2D eigenvalue weighted by atomic mass is 14.9. The first-order valence-electron chi connectivity index (χ1n) is 32.2. The van der Waals surface area contributed by atoms with Crippen LogP contribution in [0.2, 0.25) is 0 Å². The predicted octanol–water partition coefficient (Wildman–Crippen LogP) is 20.3. The van der Waals surface area contributed by atoms with Gasteiger partial charge in [-0.25, -0.2) is 39.9 Å². The van der Waals surface area contributed by atoms with Crippen molar-refractivity contribution in [1.82, 2.24) is 79.7 Å². The first-order valence-corrected chi connectivity index (χ1v) is 32.2. The first kappa shape index (κ1) is 101. The van der Waals surface area contributed by atoms with Gasteiger partial charge in [-0.1, -0.05) is 131 Å². The molecule has 0 aliphatic heterocycles. The molecule has 0 bridgehead atoms. The highest BCUT2D eigenvalue weighted by Crippen LogP contribution is 2.01. The van der Waals surface area contributed by atoms with E-state index in [2.05, 4.69) is 107 Å². The van der Waals surface area contributed by atoms with Crippen molar-refractivity contribution >= 4 is 0 Å². The lowest BCUT2D eigenvalue weighted by atomic mass is 10.2. The number of aryl methyl sites for hydroxylation is 18. The van der Waals surface area contributed by atoms with E-state index in [1.807, 2.05) is 290 Å².